The predicted molar refractivity (Wildman–Crippen MR) is 116 cm³/mol. The van der Waals surface area contributed by atoms with Crippen LogP contribution in [0.25, 0.3) is 11.5 Å². The van der Waals surface area contributed by atoms with Crippen molar-refractivity contribution in [3.63, 3.8) is 0 Å². The summed E-state index contributed by atoms with van der Waals surface area (Å²) in [6, 6.07) is 5.84. The first-order valence-corrected chi connectivity index (χ1v) is 10.3. The van der Waals surface area contributed by atoms with Crippen LogP contribution >= 0.6 is 0 Å². The van der Waals surface area contributed by atoms with Crippen LogP contribution in [0.4, 0.5) is 0 Å². The zero-order valence-corrected chi connectivity index (χ0v) is 17.7. The van der Waals surface area contributed by atoms with Gasteiger partial charge in [0, 0.05) is 30.9 Å². The van der Waals surface area contributed by atoms with Crippen LogP contribution in [0.1, 0.15) is 41.1 Å². The molecule has 30 heavy (non-hydrogen) atoms. The molecule has 0 unspecified atom stereocenters. The molecule has 0 aliphatic carbocycles. The number of aromatic nitrogens is 4. The van der Waals surface area contributed by atoms with Gasteiger partial charge in [0.1, 0.15) is 11.4 Å². The zero-order valence-electron chi connectivity index (χ0n) is 17.7. The maximum atomic E-state index is 12.2. The van der Waals surface area contributed by atoms with Crippen molar-refractivity contribution in [3.05, 3.63) is 69.5 Å². The normalized spacial score (nSPS) is 15.3. The van der Waals surface area contributed by atoms with Crippen LogP contribution in [0.15, 0.2) is 41.6 Å². The standard InChI is InChI=1S/C23H27N5O2/c1-15-16(2)21(30-3)5-4-18(15)14-28-10-6-17(7-11-28)19-12-22(29)27-23(26-19)20-13-24-8-9-25-20/h4-5,8-9,12-13,17H,6-7,10-11,14H2,1-3H3,(H,26,27,29). The number of nitrogens with zero attached hydrogens (tertiary/aromatic N) is 4. The Kier molecular flexibility index (Phi) is 5.90. The number of methoxy groups -OCH3 is 1. The third-order valence-electron chi connectivity index (χ3n) is 6.04. The molecule has 7 heteroatoms. The maximum absolute atomic E-state index is 12.2. The summed E-state index contributed by atoms with van der Waals surface area (Å²) in [6.45, 7) is 7.15. The Balaban J connectivity index is 1.45. The second-order valence-electron chi connectivity index (χ2n) is 7.84. The average molecular weight is 406 g/mol. The van der Waals surface area contributed by atoms with Crippen molar-refractivity contribution in [2.24, 2.45) is 0 Å². The maximum Gasteiger partial charge on any atom is 0.251 e. The van der Waals surface area contributed by atoms with Crippen LogP contribution in [-0.2, 0) is 6.54 Å². The number of benzene rings is 1. The van der Waals surface area contributed by atoms with E-state index in [1.165, 1.54) is 16.7 Å². The van der Waals surface area contributed by atoms with Gasteiger partial charge in [-0.1, -0.05) is 6.07 Å². The SMILES string of the molecule is COc1ccc(CN2CCC(c3cc(=O)[nH]c(-c4cnccn4)n3)CC2)c(C)c1C. The number of nitrogens with one attached hydrogen (secondary N) is 1. The van der Waals surface area contributed by atoms with E-state index in [4.69, 9.17) is 9.72 Å². The number of aromatic amines is 1. The average Bonchev–Trinajstić information content (AvgIpc) is 2.78. The minimum Gasteiger partial charge on any atom is -0.496 e. The molecule has 0 spiro atoms. The summed E-state index contributed by atoms with van der Waals surface area (Å²) in [4.78, 5) is 30.4. The molecule has 2 aromatic heterocycles. The van der Waals surface area contributed by atoms with Gasteiger partial charge in [0.25, 0.3) is 5.56 Å². The van der Waals surface area contributed by atoms with Crippen molar-refractivity contribution < 1.29 is 4.74 Å². The van der Waals surface area contributed by atoms with E-state index >= 15 is 0 Å². The van der Waals surface area contributed by atoms with E-state index in [1.54, 1.807) is 31.8 Å². The fourth-order valence-electron chi connectivity index (χ4n) is 4.10. The monoisotopic (exact) mass is 405 g/mol. The van der Waals surface area contributed by atoms with Gasteiger partial charge in [-0.2, -0.15) is 0 Å². The summed E-state index contributed by atoms with van der Waals surface area (Å²) in [6.07, 6.45) is 6.77. The quantitative estimate of drug-likeness (QED) is 0.702. The lowest BCUT2D eigenvalue weighted by Gasteiger charge is -2.32. The van der Waals surface area contributed by atoms with Gasteiger partial charge in [-0.05, 0) is 62.5 Å². The lowest BCUT2D eigenvalue weighted by Crippen LogP contribution is -2.33. The molecule has 156 valence electrons. The van der Waals surface area contributed by atoms with Crippen molar-refractivity contribution in [2.75, 3.05) is 20.2 Å². The molecular formula is C23H27N5O2. The summed E-state index contributed by atoms with van der Waals surface area (Å²) >= 11 is 0. The van der Waals surface area contributed by atoms with E-state index < -0.39 is 0 Å². The van der Waals surface area contributed by atoms with Gasteiger partial charge in [0.05, 0.1) is 19.0 Å². The molecule has 0 amide bonds. The third-order valence-corrected chi connectivity index (χ3v) is 6.04. The molecule has 4 rings (SSSR count). The van der Waals surface area contributed by atoms with Gasteiger partial charge >= 0.3 is 0 Å². The molecule has 0 bridgehead atoms. The van der Waals surface area contributed by atoms with Crippen LogP contribution in [0.5, 0.6) is 5.75 Å². The number of likely N-dealkylation sites (tertiary alicyclic amines) is 1. The lowest BCUT2D eigenvalue weighted by atomic mass is 9.92. The number of hydrogen-bond acceptors (Lipinski definition) is 6. The Morgan fingerprint density at radius 2 is 1.97 bits per heavy atom. The highest BCUT2D eigenvalue weighted by Gasteiger charge is 2.23. The summed E-state index contributed by atoms with van der Waals surface area (Å²) in [5, 5.41) is 0. The van der Waals surface area contributed by atoms with Crippen molar-refractivity contribution in [1.29, 1.82) is 0 Å². The fourth-order valence-corrected chi connectivity index (χ4v) is 4.10. The highest BCUT2D eigenvalue weighted by Crippen LogP contribution is 2.29. The van der Waals surface area contributed by atoms with Crippen LogP contribution in [0.3, 0.4) is 0 Å². The molecule has 1 aliphatic heterocycles. The highest BCUT2D eigenvalue weighted by molar-refractivity contribution is 5.46. The van der Waals surface area contributed by atoms with Crippen molar-refractivity contribution in [1.82, 2.24) is 24.8 Å². The molecule has 1 saturated heterocycles. The van der Waals surface area contributed by atoms with Gasteiger partial charge in [-0.15, -0.1) is 0 Å². The van der Waals surface area contributed by atoms with Crippen molar-refractivity contribution >= 4 is 0 Å². The van der Waals surface area contributed by atoms with Gasteiger partial charge in [0.15, 0.2) is 5.82 Å². The molecule has 0 atom stereocenters. The Bertz CT molecular complexity index is 1070. The number of ether oxygens (including phenoxy) is 1. The largest absolute Gasteiger partial charge is 0.496 e. The van der Waals surface area contributed by atoms with Gasteiger partial charge in [0.2, 0.25) is 0 Å². The molecule has 3 aromatic rings. The van der Waals surface area contributed by atoms with Crippen molar-refractivity contribution in [2.45, 2.75) is 39.2 Å². The zero-order chi connectivity index (χ0) is 21.1. The van der Waals surface area contributed by atoms with Crippen LogP contribution in [-0.4, -0.2) is 45.0 Å². The number of rotatable bonds is 5. The summed E-state index contributed by atoms with van der Waals surface area (Å²) in [7, 11) is 1.71. The molecule has 0 saturated carbocycles. The van der Waals surface area contributed by atoms with Gasteiger partial charge in [-0.25, -0.2) is 9.97 Å². The third kappa shape index (κ3) is 4.26. The summed E-state index contributed by atoms with van der Waals surface area (Å²) < 4.78 is 5.43. The number of H-pyrrole nitrogens is 1. The Hall–Kier alpha value is -3.06. The smallest absolute Gasteiger partial charge is 0.251 e. The van der Waals surface area contributed by atoms with E-state index in [2.05, 4.69) is 45.8 Å². The Morgan fingerprint density at radius 1 is 1.17 bits per heavy atom. The molecular weight excluding hydrogens is 378 g/mol. The van der Waals surface area contributed by atoms with Gasteiger partial charge in [-0.3, -0.25) is 14.7 Å². The second-order valence-corrected chi connectivity index (χ2v) is 7.84. The first-order valence-electron chi connectivity index (χ1n) is 10.3. The van der Waals surface area contributed by atoms with Gasteiger partial charge < -0.3 is 9.72 Å². The lowest BCUT2D eigenvalue weighted by molar-refractivity contribution is 0.203. The first kappa shape index (κ1) is 20.2. The van der Waals surface area contributed by atoms with E-state index in [0.29, 0.717) is 11.5 Å². The minimum atomic E-state index is -0.146. The number of hydrogen-bond donors (Lipinski definition) is 1. The molecule has 1 N–H and O–H groups in total. The summed E-state index contributed by atoms with van der Waals surface area (Å²) in [5.74, 6) is 1.70. The minimum absolute atomic E-state index is 0.146. The highest BCUT2D eigenvalue weighted by atomic mass is 16.5. The van der Waals surface area contributed by atoms with E-state index in [0.717, 1.165) is 43.9 Å². The Morgan fingerprint density at radius 3 is 2.67 bits per heavy atom. The molecule has 1 aromatic carbocycles. The molecule has 1 aliphatic rings. The fraction of sp³-hybridized carbons (Fsp3) is 0.391. The van der Waals surface area contributed by atoms with E-state index in [-0.39, 0.29) is 11.5 Å². The molecule has 3 heterocycles. The topological polar surface area (TPSA) is 84.0 Å². The van der Waals surface area contributed by atoms with Crippen LogP contribution in [0, 0.1) is 13.8 Å². The van der Waals surface area contributed by atoms with Crippen LogP contribution < -0.4 is 10.3 Å². The predicted octanol–water partition coefficient (Wildman–Crippen LogP) is 3.23. The molecule has 7 nitrogen and oxygen atoms in total. The second kappa shape index (κ2) is 8.75. The van der Waals surface area contributed by atoms with Crippen LogP contribution in [0.2, 0.25) is 0 Å². The summed E-state index contributed by atoms with van der Waals surface area (Å²) in [5.41, 5.74) is 5.11. The number of piperidine rings is 1. The van der Waals surface area contributed by atoms with Crippen molar-refractivity contribution in [3.8, 4) is 17.3 Å². The van der Waals surface area contributed by atoms with E-state index in [1.807, 2.05) is 0 Å². The Labute approximate surface area is 176 Å². The molecule has 0 radical (unpaired) electrons. The first-order chi connectivity index (χ1) is 14.5. The van der Waals surface area contributed by atoms with E-state index in [9.17, 15) is 4.79 Å². The molecule has 1 fully saturated rings.